The third-order valence-corrected chi connectivity index (χ3v) is 5.13. The van der Waals surface area contributed by atoms with Gasteiger partial charge in [-0.25, -0.2) is 9.67 Å². The highest BCUT2D eigenvalue weighted by Crippen LogP contribution is 2.26. The second-order valence-corrected chi connectivity index (χ2v) is 6.84. The number of nitrogens with one attached hydrogen (secondary N) is 1. The van der Waals surface area contributed by atoms with Crippen molar-refractivity contribution in [3.8, 4) is 5.69 Å². The Balaban J connectivity index is 1.55. The number of H-pyrrole nitrogens is 1. The van der Waals surface area contributed by atoms with Crippen molar-refractivity contribution in [3.63, 3.8) is 0 Å². The lowest BCUT2D eigenvalue weighted by molar-refractivity contribution is 0.0697. The van der Waals surface area contributed by atoms with Gasteiger partial charge in [0, 0.05) is 44.0 Å². The molecule has 0 bridgehead atoms. The molecule has 27 heavy (non-hydrogen) atoms. The van der Waals surface area contributed by atoms with E-state index in [9.17, 15) is 9.59 Å². The molecule has 0 saturated carbocycles. The third-order valence-electron chi connectivity index (χ3n) is 5.13. The highest BCUT2D eigenvalue weighted by Gasteiger charge is 2.28. The Morgan fingerprint density at radius 3 is 2.89 bits per heavy atom. The Kier molecular flexibility index (Phi) is 4.66. The summed E-state index contributed by atoms with van der Waals surface area (Å²) in [6.45, 7) is 4.27. The van der Waals surface area contributed by atoms with Gasteiger partial charge in [0.2, 0.25) is 0 Å². The van der Waals surface area contributed by atoms with Crippen molar-refractivity contribution >= 4 is 5.91 Å². The van der Waals surface area contributed by atoms with E-state index in [1.807, 2.05) is 47.6 Å². The molecule has 0 aliphatic carbocycles. The number of hydrogen-bond donors (Lipinski definition) is 1. The van der Waals surface area contributed by atoms with E-state index in [4.69, 9.17) is 0 Å². The summed E-state index contributed by atoms with van der Waals surface area (Å²) in [6, 6.07) is 10.6. The van der Waals surface area contributed by atoms with Gasteiger partial charge in [-0.15, -0.1) is 0 Å². The molecule has 1 aromatic carbocycles. The molecule has 1 saturated heterocycles. The molecule has 1 amide bonds. The van der Waals surface area contributed by atoms with Gasteiger partial charge in [-0.05, 0) is 31.9 Å². The van der Waals surface area contributed by atoms with Gasteiger partial charge in [0.15, 0.2) is 0 Å². The van der Waals surface area contributed by atoms with Gasteiger partial charge >= 0.3 is 0 Å². The van der Waals surface area contributed by atoms with Crippen molar-refractivity contribution in [1.29, 1.82) is 0 Å². The molecule has 1 atom stereocenters. The average Bonchev–Trinajstić information content (AvgIpc) is 3.34. The maximum atomic E-state index is 13.0. The largest absolute Gasteiger partial charge is 0.337 e. The van der Waals surface area contributed by atoms with Crippen LogP contribution in [-0.2, 0) is 6.54 Å². The number of imidazole rings is 1. The summed E-state index contributed by atoms with van der Waals surface area (Å²) >= 11 is 0. The van der Waals surface area contributed by atoms with Gasteiger partial charge in [-0.1, -0.05) is 18.2 Å². The molecule has 0 radical (unpaired) electrons. The Bertz CT molecular complexity index is 985. The molecule has 3 aromatic rings. The number of amides is 1. The van der Waals surface area contributed by atoms with Crippen LogP contribution < -0.4 is 5.56 Å². The van der Waals surface area contributed by atoms with Gasteiger partial charge in [0.25, 0.3) is 11.5 Å². The van der Waals surface area contributed by atoms with Crippen LogP contribution in [0.5, 0.6) is 0 Å². The fourth-order valence-electron chi connectivity index (χ4n) is 3.76. The van der Waals surface area contributed by atoms with Crippen LogP contribution in [0.2, 0.25) is 0 Å². The predicted octanol–water partition coefficient (Wildman–Crippen LogP) is 2.40. The molecule has 140 valence electrons. The van der Waals surface area contributed by atoms with Gasteiger partial charge in [-0.2, -0.15) is 0 Å². The van der Waals surface area contributed by atoms with Crippen molar-refractivity contribution in [2.75, 3.05) is 13.1 Å². The zero-order valence-corrected chi connectivity index (χ0v) is 15.3. The lowest BCUT2D eigenvalue weighted by Gasteiger charge is -2.32. The smallest absolute Gasteiger partial charge is 0.271 e. The number of likely N-dealkylation sites (tertiary alicyclic amines) is 1. The molecule has 3 heterocycles. The minimum Gasteiger partial charge on any atom is -0.337 e. The SMILES string of the molecule is CCn1ccnc1[C@@H]1CCCN(C(=O)c2cc(=O)n(-c3ccccc3)[nH]2)C1. The summed E-state index contributed by atoms with van der Waals surface area (Å²) < 4.78 is 3.53. The first-order valence-corrected chi connectivity index (χ1v) is 9.35. The number of carbonyl (C=O) groups is 1. The highest BCUT2D eigenvalue weighted by molar-refractivity contribution is 5.92. The molecule has 0 unspecified atom stereocenters. The minimum absolute atomic E-state index is 0.138. The molecule has 4 rings (SSSR count). The van der Waals surface area contributed by atoms with Crippen LogP contribution in [0.1, 0.15) is 42.0 Å². The van der Waals surface area contributed by atoms with Crippen molar-refractivity contribution in [2.24, 2.45) is 0 Å². The van der Waals surface area contributed by atoms with Crippen molar-refractivity contribution in [2.45, 2.75) is 32.2 Å². The van der Waals surface area contributed by atoms with E-state index in [2.05, 4.69) is 21.6 Å². The number of nitrogens with zero attached hydrogens (tertiary/aromatic N) is 4. The summed E-state index contributed by atoms with van der Waals surface area (Å²) in [4.78, 5) is 31.6. The molecule has 1 aliphatic heterocycles. The van der Waals surface area contributed by atoms with Crippen LogP contribution in [0.4, 0.5) is 0 Å². The Hall–Kier alpha value is -3.09. The lowest BCUT2D eigenvalue weighted by Crippen LogP contribution is -2.40. The summed E-state index contributed by atoms with van der Waals surface area (Å²) in [5.41, 5.74) is 0.797. The molecule has 0 spiro atoms. The number of aryl methyl sites for hydroxylation is 1. The van der Waals surface area contributed by atoms with E-state index in [0.717, 1.165) is 25.2 Å². The summed E-state index contributed by atoms with van der Waals surface area (Å²) in [5.74, 6) is 1.12. The maximum Gasteiger partial charge on any atom is 0.271 e. The van der Waals surface area contributed by atoms with E-state index in [1.165, 1.54) is 10.7 Å². The van der Waals surface area contributed by atoms with E-state index in [-0.39, 0.29) is 17.4 Å². The van der Waals surface area contributed by atoms with Crippen LogP contribution in [-0.4, -0.2) is 43.2 Å². The van der Waals surface area contributed by atoms with E-state index >= 15 is 0 Å². The molecule has 1 N–H and O–H groups in total. The third kappa shape index (κ3) is 3.32. The van der Waals surface area contributed by atoms with E-state index in [1.54, 1.807) is 0 Å². The summed E-state index contributed by atoms with van der Waals surface area (Å²) in [6.07, 6.45) is 5.74. The molecule has 1 aliphatic rings. The van der Waals surface area contributed by atoms with Crippen LogP contribution in [0.25, 0.3) is 5.69 Å². The highest BCUT2D eigenvalue weighted by atomic mass is 16.2. The zero-order valence-electron chi connectivity index (χ0n) is 15.3. The number of piperidine rings is 1. The van der Waals surface area contributed by atoms with Gasteiger partial charge in [-0.3, -0.25) is 14.7 Å². The van der Waals surface area contributed by atoms with Crippen molar-refractivity contribution in [1.82, 2.24) is 24.2 Å². The van der Waals surface area contributed by atoms with Crippen molar-refractivity contribution < 1.29 is 4.79 Å². The summed E-state index contributed by atoms with van der Waals surface area (Å²) in [7, 11) is 0. The first kappa shape index (κ1) is 17.3. The number of aromatic amines is 1. The number of rotatable bonds is 4. The van der Waals surface area contributed by atoms with E-state index in [0.29, 0.717) is 24.5 Å². The normalized spacial score (nSPS) is 17.2. The number of carbonyl (C=O) groups excluding carboxylic acids is 1. The van der Waals surface area contributed by atoms with Gasteiger partial charge < -0.3 is 9.47 Å². The number of benzene rings is 1. The first-order valence-electron chi connectivity index (χ1n) is 9.35. The topological polar surface area (TPSA) is 75.9 Å². The Morgan fingerprint density at radius 1 is 1.30 bits per heavy atom. The number of aromatic nitrogens is 4. The standard InChI is InChI=1S/C20H23N5O2/c1-2-23-12-10-21-19(23)15-7-6-11-24(14-15)20(27)17-13-18(26)25(22-17)16-8-4-3-5-9-16/h3-5,8-10,12-13,15,22H,2,6-7,11,14H2,1H3/t15-/m1/s1. The van der Waals surface area contributed by atoms with Crippen LogP contribution in [0.3, 0.4) is 0 Å². The van der Waals surface area contributed by atoms with Crippen LogP contribution >= 0.6 is 0 Å². The molecule has 7 heteroatoms. The second-order valence-electron chi connectivity index (χ2n) is 6.84. The number of para-hydroxylation sites is 1. The molecule has 2 aromatic heterocycles. The van der Waals surface area contributed by atoms with Crippen LogP contribution in [0.15, 0.2) is 53.6 Å². The molecule has 1 fully saturated rings. The first-order chi connectivity index (χ1) is 13.2. The monoisotopic (exact) mass is 365 g/mol. The summed E-state index contributed by atoms with van der Waals surface area (Å²) in [5, 5.41) is 2.96. The zero-order chi connectivity index (χ0) is 18.8. The quantitative estimate of drug-likeness (QED) is 0.771. The fraction of sp³-hybridized carbons (Fsp3) is 0.350. The Morgan fingerprint density at radius 2 is 2.11 bits per heavy atom. The average molecular weight is 365 g/mol. The van der Waals surface area contributed by atoms with Gasteiger partial charge in [0.1, 0.15) is 11.5 Å². The van der Waals surface area contributed by atoms with Crippen LogP contribution in [0, 0.1) is 0 Å². The maximum absolute atomic E-state index is 13.0. The fourth-order valence-corrected chi connectivity index (χ4v) is 3.76. The van der Waals surface area contributed by atoms with Gasteiger partial charge in [0.05, 0.1) is 5.69 Å². The second kappa shape index (κ2) is 7.26. The minimum atomic E-state index is -0.236. The molecular weight excluding hydrogens is 342 g/mol. The van der Waals surface area contributed by atoms with E-state index < -0.39 is 0 Å². The molecular formula is C20H23N5O2. The predicted molar refractivity (Wildman–Crippen MR) is 102 cm³/mol. The number of hydrogen-bond acceptors (Lipinski definition) is 3. The Labute approximate surface area is 157 Å². The van der Waals surface area contributed by atoms with Crippen molar-refractivity contribution in [3.05, 3.63) is 70.7 Å². The lowest BCUT2D eigenvalue weighted by atomic mass is 9.97. The molecule has 7 nitrogen and oxygen atoms in total.